The third-order valence-electron chi connectivity index (χ3n) is 12.2. The summed E-state index contributed by atoms with van der Waals surface area (Å²) in [6.45, 7) is 17.5. The van der Waals surface area contributed by atoms with Crippen LogP contribution in [0, 0.1) is 0 Å². The number of rotatable bonds is 67. The molecule has 432 valence electrons. The lowest BCUT2D eigenvalue weighted by atomic mass is 10.0. The van der Waals surface area contributed by atoms with Crippen LogP contribution in [0.1, 0.15) is 206 Å². The molecule has 0 bridgehead atoms. The zero-order valence-electron chi connectivity index (χ0n) is 47.1. The molecule has 0 aliphatic heterocycles. The van der Waals surface area contributed by atoms with E-state index < -0.39 is 0 Å². The lowest BCUT2D eigenvalue weighted by molar-refractivity contribution is -0.145. The minimum atomic E-state index is -0.131. The standard InChI is InChI=1S/C58H116O14/c1-3-5-7-9-11-13-15-17-18-19-21-23-25-27-29-31-33-60-34-35-61-36-37-62-38-39-63-40-41-64-42-43-65-44-45-66-46-47-67-48-49-68-50-51-69-52-53-70-54-55-71-56-57-72-58(59)32-30-28-26-24-22-20-16-14-12-10-8-6-4-2/h3-57H2,1-2H3. The van der Waals surface area contributed by atoms with E-state index in [2.05, 4.69) is 13.8 Å². The summed E-state index contributed by atoms with van der Waals surface area (Å²) in [5, 5.41) is 0. The predicted molar refractivity (Wildman–Crippen MR) is 291 cm³/mol. The maximum absolute atomic E-state index is 11.9. The van der Waals surface area contributed by atoms with Crippen LogP contribution in [0.2, 0.25) is 0 Å². The molecule has 0 aromatic heterocycles. The highest BCUT2D eigenvalue weighted by molar-refractivity contribution is 5.69. The van der Waals surface area contributed by atoms with Gasteiger partial charge >= 0.3 is 5.97 Å². The monoisotopic (exact) mass is 1040 g/mol. The number of unbranched alkanes of at least 4 members (excludes halogenated alkanes) is 27. The van der Waals surface area contributed by atoms with Gasteiger partial charge in [0.1, 0.15) is 6.61 Å². The Balaban J connectivity index is 3.11. The Hall–Kier alpha value is -1.01. The first-order valence-electron chi connectivity index (χ1n) is 29.9. The summed E-state index contributed by atoms with van der Waals surface area (Å²) < 4.78 is 71.9. The number of esters is 1. The second kappa shape index (κ2) is 68.0. The second-order valence-corrected chi connectivity index (χ2v) is 18.9. The highest BCUT2D eigenvalue weighted by atomic mass is 16.6. The van der Waals surface area contributed by atoms with Gasteiger partial charge in [0.15, 0.2) is 0 Å². The summed E-state index contributed by atoms with van der Waals surface area (Å²) in [6.07, 6.45) is 39.5. The molecule has 0 spiro atoms. The molecule has 0 aliphatic rings. The number of carbonyl (C=O) groups excluding carboxylic acids is 1. The summed E-state index contributed by atoms with van der Waals surface area (Å²) >= 11 is 0. The molecule has 0 fully saturated rings. The minimum absolute atomic E-state index is 0.131. The Labute approximate surface area is 442 Å². The van der Waals surface area contributed by atoms with Gasteiger partial charge in [0, 0.05) is 13.0 Å². The summed E-state index contributed by atoms with van der Waals surface area (Å²) in [5.41, 5.74) is 0. The first-order valence-corrected chi connectivity index (χ1v) is 29.9. The average Bonchev–Trinajstić information content (AvgIpc) is 3.39. The molecule has 0 heterocycles. The van der Waals surface area contributed by atoms with Gasteiger partial charge in [-0.25, -0.2) is 0 Å². The van der Waals surface area contributed by atoms with Crippen molar-refractivity contribution in [2.75, 3.05) is 165 Å². The van der Waals surface area contributed by atoms with E-state index in [1.165, 1.54) is 167 Å². The molecule has 0 unspecified atom stereocenters. The van der Waals surface area contributed by atoms with Gasteiger partial charge in [-0.2, -0.15) is 0 Å². The molecule has 0 saturated carbocycles. The quantitative estimate of drug-likeness (QED) is 0.0422. The Morgan fingerprint density at radius 2 is 0.361 bits per heavy atom. The van der Waals surface area contributed by atoms with Crippen molar-refractivity contribution in [3.63, 3.8) is 0 Å². The smallest absolute Gasteiger partial charge is 0.305 e. The molecule has 72 heavy (non-hydrogen) atoms. The first kappa shape index (κ1) is 71.0. The third kappa shape index (κ3) is 67.0. The Kier molecular flexibility index (Phi) is 67.1. The van der Waals surface area contributed by atoms with Crippen LogP contribution in [-0.2, 0) is 66.4 Å². The van der Waals surface area contributed by atoms with E-state index in [4.69, 9.17) is 61.6 Å². The maximum Gasteiger partial charge on any atom is 0.305 e. The SMILES string of the molecule is CCCCCCCCCCCCCCCCCCOCCOCCOCCOCCOCCOCCOCCOCCOCCOCCOCCOCCOC(=O)CCCCCCCCCCCCCCC. The van der Waals surface area contributed by atoms with E-state index in [9.17, 15) is 4.79 Å². The first-order chi connectivity index (χ1) is 35.8. The average molecular weight is 1040 g/mol. The lowest BCUT2D eigenvalue weighted by Crippen LogP contribution is -2.15. The lowest BCUT2D eigenvalue weighted by Gasteiger charge is -2.09. The van der Waals surface area contributed by atoms with E-state index in [1.807, 2.05) is 0 Å². The van der Waals surface area contributed by atoms with E-state index in [1.54, 1.807) is 0 Å². The topological polar surface area (TPSA) is 137 Å². The van der Waals surface area contributed by atoms with Gasteiger partial charge in [-0.05, 0) is 12.8 Å². The van der Waals surface area contributed by atoms with Crippen LogP contribution in [0.25, 0.3) is 0 Å². The molecule has 0 N–H and O–H groups in total. The fourth-order valence-corrected chi connectivity index (χ4v) is 7.85. The summed E-state index contributed by atoms with van der Waals surface area (Å²) in [5.74, 6) is -0.131. The summed E-state index contributed by atoms with van der Waals surface area (Å²) in [4.78, 5) is 11.9. The van der Waals surface area contributed by atoms with Crippen molar-refractivity contribution in [3.05, 3.63) is 0 Å². The van der Waals surface area contributed by atoms with Crippen molar-refractivity contribution in [3.8, 4) is 0 Å². The second-order valence-electron chi connectivity index (χ2n) is 18.9. The zero-order chi connectivity index (χ0) is 51.7. The molecule has 14 nitrogen and oxygen atoms in total. The molecule has 0 saturated heterocycles. The van der Waals surface area contributed by atoms with Crippen molar-refractivity contribution in [2.24, 2.45) is 0 Å². The molecule has 0 aromatic carbocycles. The minimum Gasteiger partial charge on any atom is -0.463 e. The van der Waals surface area contributed by atoms with Crippen molar-refractivity contribution >= 4 is 5.97 Å². The van der Waals surface area contributed by atoms with Crippen LogP contribution in [0.3, 0.4) is 0 Å². The summed E-state index contributed by atoms with van der Waals surface area (Å²) in [7, 11) is 0. The van der Waals surface area contributed by atoms with Crippen LogP contribution >= 0.6 is 0 Å². The van der Waals surface area contributed by atoms with Crippen molar-refractivity contribution in [1.29, 1.82) is 0 Å². The van der Waals surface area contributed by atoms with E-state index in [0.717, 1.165) is 25.9 Å². The van der Waals surface area contributed by atoms with Gasteiger partial charge in [-0.3, -0.25) is 4.79 Å². The van der Waals surface area contributed by atoms with Crippen molar-refractivity contribution < 1.29 is 66.4 Å². The van der Waals surface area contributed by atoms with Crippen LogP contribution in [0.5, 0.6) is 0 Å². The van der Waals surface area contributed by atoms with E-state index >= 15 is 0 Å². The van der Waals surface area contributed by atoms with Crippen LogP contribution in [0.4, 0.5) is 0 Å². The van der Waals surface area contributed by atoms with Crippen LogP contribution in [-0.4, -0.2) is 171 Å². The number of carbonyl (C=O) groups is 1. The highest BCUT2D eigenvalue weighted by Gasteiger charge is 2.04. The Morgan fingerprint density at radius 3 is 0.583 bits per heavy atom. The van der Waals surface area contributed by atoms with E-state index in [-0.39, 0.29) is 12.6 Å². The molecule has 0 amide bonds. The normalized spacial score (nSPS) is 11.6. The molecule has 14 heteroatoms. The number of ether oxygens (including phenoxy) is 13. The maximum atomic E-state index is 11.9. The summed E-state index contributed by atoms with van der Waals surface area (Å²) in [6, 6.07) is 0. The number of hydrogen-bond acceptors (Lipinski definition) is 14. The van der Waals surface area contributed by atoms with Gasteiger partial charge in [0.2, 0.25) is 0 Å². The molecule has 0 atom stereocenters. The molecule has 0 aliphatic carbocycles. The molecule has 0 rings (SSSR count). The fourth-order valence-electron chi connectivity index (χ4n) is 7.85. The van der Waals surface area contributed by atoms with Gasteiger partial charge in [0.25, 0.3) is 0 Å². The van der Waals surface area contributed by atoms with Crippen LogP contribution in [0.15, 0.2) is 0 Å². The molecular weight excluding hydrogens is 921 g/mol. The fraction of sp³-hybridized carbons (Fsp3) is 0.983. The Bertz CT molecular complexity index is 966. The highest BCUT2D eigenvalue weighted by Crippen LogP contribution is 2.15. The zero-order valence-corrected chi connectivity index (χ0v) is 47.1. The largest absolute Gasteiger partial charge is 0.463 e. The van der Waals surface area contributed by atoms with Gasteiger partial charge < -0.3 is 61.6 Å². The van der Waals surface area contributed by atoms with Gasteiger partial charge in [-0.15, -0.1) is 0 Å². The molecular formula is C58H116O14. The number of hydrogen-bond donors (Lipinski definition) is 0. The van der Waals surface area contributed by atoms with Crippen molar-refractivity contribution in [1.82, 2.24) is 0 Å². The van der Waals surface area contributed by atoms with Crippen LogP contribution < -0.4 is 0 Å². The van der Waals surface area contributed by atoms with Crippen molar-refractivity contribution in [2.45, 2.75) is 206 Å². The molecule has 0 radical (unpaired) electrons. The predicted octanol–water partition coefficient (Wildman–Crippen LogP) is 12.5. The van der Waals surface area contributed by atoms with Gasteiger partial charge in [0.05, 0.1) is 152 Å². The Morgan fingerprint density at radius 1 is 0.194 bits per heavy atom. The molecule has 0 aromatic rings. The van der Waals surface area contributed by atoms with E-state index in [0.29, 0.717) is 158 Å². The third-order valence-corrected chi connectivity index (χ3v) is 12.2. The van der Waals surface area contributed by atoms with Gasteiger partial charge in [-0.1, -0.05) is 187 Å².